The van der Waals surface area contributed by atoms with E-state index in [1.54, 1.807) is 18.5 Å². The zero-order valence-corrected chi connectivity index (χ0v) is 39.9. The third-order valence-electron chi connectivity index (χ3n) is 10.8. The predicted molar refractivity (Wildman–Crippen MR) is 288 cm³/mol. The van der Waals surface area contributed by atoms with E-state index in [0.717, 1.165) is 74.4 Å². The molecule has 72 heavy (non-hydrogen) atoms. The SMILES string of the molecule is C=CC(=O)Nc1cccc(Nc2nc(Nc3ccc4nc(CN(C)C)ccc4c3)nc3[nH]ccc23)c1.C=CC(=O)Nc1cccc(Nc2nc(Nc3ccc4nc(CN(C)C)ccc4c3)nc3nc[nH]c23)c1. The Balaban J connectivity index is 0.000000178. The van der Waals surface area contributed by atoms with E-state index in [2.05, 4.69) is 96.9 Å². The molecule has 0 unspecified atom stereocenters. The highest BCUT2D eigenvalue weighted by molar-refractivity contribution is 6.00. The Morgan fingerprint density at radius 3 is 1.61 bits per heavy atom. The van der Waals surface area contributed by atoms with Gasteiger partial charge < -0.3 is 51.7 Å². The molecule has 0 radical (unpaired) electrons. The molecule has 0 saturated heterocycles. The molecule has 0 aliphatic heterocycles. The van der Waals surface area contributed by atoms with Crippen LogP contribution < -0.4 is 31.9 Å². The Labute approximate surface area is 414 Å². The van der Waals surface area contributed by atoms with Gasteiger partial charge in [-0.1, -0.05) is 37.4 Å². The van der Waals surface area contributed by atoms with Gasteiger partial charge in [-0.2, -0.15) is 19.9 Å². The molecule has 6 heterocycles. The van der Waals surface area contributed by atoms with Gasteiger partial charge in [-0.3, -0.25) is 19.6 Å². The van der Waals surface area contributed by atoms with E-state index in [9.17, 15) is 9.59 Å². The largest absolute Gasteiger partial charge is 0.346 e. The van der Waals surface area contributed by atoms with Crippen LogP contribution in [0.1, 0.15) is 11.4 Å². The maximum atomic E-state index is 11.7. The molecule has 10 aromatic rings. The number of amides is 2. The van der Waals surface area contributed by atoms with Gasteiger partial charge in [-0.15, -0.1) is 0 Å². The van der Waals surface area contributed by atoms with Crippen molar-refractivity contribution in [2.24, 2.45) is 0 Å². The van der Waals surface area contributed by atoms with E-state index in [-0.39, 0.29) is 11.8 Å². The van der Waals surface area contributed by atoms with Gasteiger partial charge in [-0.05, 0) is 131 Å². The number of nitrogens with zero attached hydrogens (tertiary/aromatic N) is 9. The molecule has 8 N–H and O–H groups in total. The zero-order chi connectivity index (χ0) is 50.1. The van der Waals surface area contributed by atoms with Crippen LogP contribution in [0, 0.1) is 0 Å². The number of imidazole rings is 1. The van der Waals surface area contributed by atoms with Crippen molar-refractivity contribution in [1.82, 2.24) is 54.7 Å². The summed E-state index contributed by atoms with van der Waals surface area (Å²) in [6.07, 6.45) is 5.85. The number of rotatable bonds is 16. The number of hydrogen-bond acceptors (Lipinski definition) is 15. The van der Waals surface area contributed by atoms with Crippen molar-refractivity contribution in [2.45, 2.75) is 13.1 Å². The molecule has 19 nitrogen and oxygen atoms in total. The molecular weight excluding hydrogens is 907 g/mol. The monoisotopic (exact) mass is 957 g/mol. The average molecular weight is 958 g/mol. The fraction of sp³-hybridized carbons (Fsp3) is 0.113. The van der Waals surface area contributed by atoms with Crippen LogP contribution in [-0.4, -0.2) is 94.7 Å². The van der Waals surface area contributed by atoms with Crippen molar-refractivity contribution >= 4 is 113 Å². The molecule has 0 spiro atoms. The van der Waals surface area contributed by atoms with Crippen LogP contribution in [0.3, 0.4) is 0 Å². The summed E-state index contributed by atoms with van der Waals surface area (Å²) in [4.78, 5) is 66.1. The van der Waals surface area contributed by atoms with Gasteiger partial charge in [-0.25, -0.2) is 4.98 Å². The summed E-state index contributed by atoms with van der Waals surface area (Å²) in [6, 6.07) is 36.8. The number of carbonyl (C=O) groups is 2. The zero-order valence-electron chi connectivity index (χ0n) is 39.9. The number of nitrogens with one attached hydrogen (secondary N) is 8. The van der Waals surface area contributed by atoms with Crippen molar-refractivity contribution in [2.75, 3.05) is 60.1 Å². The number of pyridine rings is 2. The predicted octanol–water partition coefficient (Wildman–Crippen LogP) is 9.75. The van der Waals surface area contributed by atoms with Gasteiger partial charge in [0.25, 0.3) is 0 Å². The van der Waals surface area contributed by atoms with Crippen molar-refractivity contribution in [3.05, 3.63) is 164 Å². The Morgan fingerprint density at radius 2 is 1.06 bits per heavy atom. The minimum atomic E-state index is -0.281. The molecule has 6 aromatic heterocycles. The topological polar surface area (TPSA) is 235 Å². The number of fused-ring (bicyclic) bond motifs is 4. The van der Waals surface area contributed by atoms with Crippen LogP contribution in [0.2, 0.25) is 0 Å². The van der Waals surface area contributed by atoms with Gasteiger partial charge in [0.1, 0.15) is 17.0 Å². The van der Waals surface area contributed by atoms with E-state index >= 15 is 0 Å². The van der Waals surface area contributed by atoms with Crippen LogP contribution in [0.15, 0.2) is 153 Å². The second-order valence-electron chi connectivity index (χ2n) is 17.1. The summed E-state index contributed by atoms with van der Waals surface area (Å²) in [5, 5.41) is 21.6. The van der Waals surface area contributed by atoms with E-state index in [0.29, 0.717) is 51.7 Å². The molecule has 0 bridgehead atoms. The first-order valence-corrected chi connectivity index (χ1v) is 22.7. The molecule has 360 valence electrons. The highest BCUT2D eigenvalue weighted by Gasteiger charge is 2.14. The lowest BCUT2D eigenvalue weighted by atomic mass is 10.2. The molecule has 0 aliphatic rings. The minimum Gasteiger partial charge on any atom is -0.346 e. The average Bonchev–Trinajstić information content (AvgIpc) is 4.05. The van der Waals surface area contributed by atoms with Gasteiger partial charge in [0.2, 0.25) is 23.7 Å². The highest BCUT2D eigenvalue weighted by atomic mass is 16.2. The molecule has 19 heteroatoms. The Bertz CT molecular complexity index is 3380. The number of benzene rings is 4. The summed E-state index contributed by atoms with van der Waals surface area (Å²) in [6.45, 7) is 8.55. The first-order chi connectivity index (χ1) is 34.9. The Morgan fingerprint density at radius 1 is 0.542 bits per heavy atom. The quantitative estimate of drug-likeness (QED) is 0.0421. The molecule has 0 aliphatic carbocycles. The first kappa shape index (κ1) is 47.5. The van der Waals surface area contributed by atoms with E-state index in [4.69, 9.17) is 15.0 Å². The molecule has 2 amide bonds. The fourth-order valence-electron chi connectivity index (χ4n) is 7.65. The lowest BCUT2D eigenvalue weighted by Gasteiger charge is -2.12. The molecular formula is C53H51N17O2. The van der Waals surface area contributed by atoms with Gasteiger partial charge in [0.15, 0.2) is 11.5 Å². The van der Waals surface area contributed by atoms with Crippen molar-refractivity contribution < 1.29 is 9.59 Å². The standard InChI is InChI=1S/C27H26N8O.C26H25N9O/c1-4-24(36)30-18-6-5-7-19(15-18)31-26-22-12-13-28-25(22)33-27(34-26)32-20-10-11-23-17(14-20)8-9-21(29-23)16-35(2)3;1-4-22(36)30-17-6-5-7-18(13-17)31-25-23-24(28-15-27-23)33-26(34-25)32-19-10-11-21-16(12-19)8-9-20(29-21)14-35(2)3/h4-15H,1,16H2,2-3H3,(H,30,36)(H3,28,31,32,33,34);4-13,15H,1,14H2,2-3H3,(H,30,36)(H3,27,28,31,32,33,34). The minimum absolute atomic E-state index is 0.270. The van der Waals surface area contributed by atoms with Crippen LogP contribution in [0.25, 0.3) is 44.0 Å². The van der Waals surface area contributed by atoms with E-state index in [1.165, 1.54) is 12.2 Å². The van der Waals surface area contributed by atoms with Gasteiger partial charge in [0, 0.05) is 64.2 Å². The Kier molecular flexibility index (Phi) is 14.1. The van der Waals surface area contributed by atoms with Crippen LogP contribution in [-0.2, 0) is 22.7 Å². The normalized spacial score (nSPS) is 11.1. The molecule has 0 saturated carbocycles. The summed E-state index contributed by atoms with van der Waals surface area (Å²) in [5.41, 5.74) is 10.3. The lowest BCUT2D eigenvalue weighted by molar-refractivity contribution is -0.112. The highest BCUT2D eigenvalue weighted by Crippen LogP contribution is 2.30. The Hall–Kier alpha value is -9.59. The number of aromatic amines is 2. The third-order valence-corrected chi connectivity index (χ3v) is 10.8. The lowest BCUT2D eigenvalue weighted by Crippen LogP contribution is -2.11. The second kappa shape index (κ2) is 21.4. The third kappa shape index (κ3) is 11.8. The number of hydrogen-bond donors (Lipinski definition) is 8. The molecule has 0 fully saturated rings. The maximum Gasteiger partial charge on any atom is 0.247 e. The van der Waals surface area contributed by atoms with Crippen molar-refractivity contribution in [3.63, 3.8) is 0 Å². The van der Waals surface area contributed by atoms with Crippen LogP contribution in [0.4, 0.5) is 57.7 Å². The number of carbonyl (C=O) groups excluding carboxylic acids is 2. The van der Waals surface area contributed by atoms with E-state index < -0.39 is 0 Å². The maximum absolute atomic E-state index is 11.7. The molecule has 10 rings (SSSR count). The number of aromatic nitrogens is 9. The van der Waals surface area contributed by atoms with Crippen molar-refractivity contribution in [1.29, 1.82) is 0 Å². The summed E-state index contributed by atoms with van der Waals surface area (Å²) in [7, 11) is 8.10. The van der Waals surface area contributed by atoms with Crippen molar-refractivity contribution in [3.8, 4) is 0 Å². The summed E-state index contributed by atoms with van der Waals surface area (Å²) >= 11 is 0. The number of anilines is 10. The van der Waals surface area contributed by atoms with Gasteiger partial charge in [0.05, 0.1) is 34.1 Å². The molecule has 4 aromatic carbocycles. The number of H-pyrrole nitrogens is 2. The van der Waals surface area contributed by atoms with Crippen LogP contribution >= 0.6 is 0 Å². The smallest absolute Gasteiger partial charge is 0.247 e. The summed E-state index contributed by atoms with van der Waals surface area (Å²) in [5.74, 6) is 1.46. The van der Waals surface area contributed by atoms with E-state index in [1.807, 2.05) is 125 Å². The molecule has 0 atom stereocenters. The second-order valence-corrected chi connectivity index (χ2v) is 17.1. The van der Waals surface area contributed by atoms with Gasteiger partial charge >= 0.3 is 0 Å². The van der Waals surface area contributed by atoms with Crippen LogP contribution in [0.5, 0.6) is 0 Å². The fourth-order valence-corrected chi connectivity index (χ4v) is 7.65. The summed E-state index contributed by atoms with van der Waals surface area (Å²) < 4.78 is 0. The first-order valence-electron chi connectivity index (χ1n) is 22.7.